The van der Waals surface area contributed by atoms with Crippen LogP contribution in [0.1, 0.15) is 6.42 Å². The number of hydrogen-bond acceptors (Lipinski definition) is 2. The normalized spacial score (nSPS) is 7.57. The predicted octanol–water partition coefficient (Wildman–Crippen LogP) is 0.143. The summed E-state index contributed by atoms with van der Waals surface area (Å²) in [4.78, 5) is 12.4. The Morgan fingerprint density at radius 3 is 2.71 bits per heavy atom. The molecular weight excluding hydrogens is 94.0 g/mol. The van der Waals surface area contributed by atoms with E-state index in [0.29, 0.717) is 13.0 Å². The topological polar surface area (TPSA) is 49.3 Å². The Balaban J connectivity index is 2.83. The fraction of sp³-hybridized carbons (Fsp3) is 0.750. The van der Waals surface area contributed by atoms with E-state index < -0.39 is 0 Å². The van der Waals surface area contributed by atoms with Crippen molar-refractivity contribution in [2.24, 2.45) is 4.99 Å². The fourth-order valence-corrected chi connectivity index (χ4v) is 0.189. The lowest BCUT2D eigenvalue weighted by molar-refractivity contribution is 0.191. The molecule has 0 saturated heterocycles. The van der Waals surface area contributed by atoms with Gasteiger partial charge >= 0.3 is 0 Å². The van der Waals surface area contributed by atoms with Crippen LogP contribution >= 0.6 is 0 Å². The number of isocyanates is 1. The van der Waals surface area contributed by atoms with Crippen molar-refractivity contribution in [2.45, 2.75) is 6.42 Å². The number of aliphatic imine (C=N–C) groups is 1. The third kappa shape index (κ3) is 5.34. The largest absolute Gasteiger partial charge is 0.237 e. The molecule has 7 heavy (non-hydrogen) atoms. The maximum Gasteiger partial charge on any atom is 0.234 e. The van der Waals surface area contributed by atoms with E-state index in [2.05, 4.69) is 4.99 Å². The molecule has 1 radical (unpaired) electrons. The van der Waals surface area contributed by atoms with Gasteiger partial charge in [-0.1, -0.05) is 0 Å². The Bertz CT molecular complexity index is 75.8. The van der Waals surface area contributed by atoms with Gasteiger partial charge in [0.05, 0.1) is 13.2 Å². The van der Waals surface area contributed by atoms with E-state index in [-0.39, 0.29) is 6.61 Å². The highest BCUT2D eigenvalue weighted by atomic mass is 16.3. The summed E-state index contributed by atoms with van der Waals surface area (Å²) < 4.78 is 0. The second-order valence-corrected chi connectivity index (χ2v) is 1.03. The van der Waals surface area contributed by atoms with Crippen molar-refractivity contribution in [3.63, 3.8) is 0 Å². The van der Waals surface area contributed by atoms with Crippen LogP contribution < -0.4 is 0 Å². The minimum absolute atomic E-state index is 0.162. The van der Waals surface area contributed by atoms with Crippen molar-refractivity contribution < 1.29 is 9.90 Å². The van der Waals surface area contributed by atoms with Crippen LogP contribution in [0.15, 0.2) is 4.99 Å². The van der Waals surface area contributed by atoms with Gasteiger partial charge in [-0.15, -0.1) is 0 Å². The molecule has 0 aromatic carbocycles. The number of carbonyl (C=O) groups excluding carboxylic acids is 1. The van der Waals surface area contributed by atoms with E-state index in [4.69, 9.17) is 0 Å². The summed E-state index contributed by atoms with van der Waals surface area (Å²) in [6.07, 6.45) is 1.78. The van der Waals surface area contributed by atoms with Gasteiger partial charge in [0.15, 0.2) is 0 Å². The van der Waals surface area contributed by atoms with Crippen LogP contribution in [0.2, 0.25) is 0 Å². The lowest BCUT2D eigenvalue weighted by atomic mass is 10.5. The van der Waals surface area contributed by atoms with Gasteiger partial charge in [0.1, 0.15) is 0 Å². The highest BCUT2D eigenvalue weighted by Gasteiger charge is 1.77. The third-order valence-electron chi connectivity index (χ3n) is 0.479. The molecule has 0 saturated carbocycles. The molecule has 39 valence electrons. The van der Waals surface area contributed by atoms with E-state index in [0.717, 1.165) is 0 Å². The Kier molecular flexibility index (Phi) is 4.84. The molecule has 0 unspecified atom stereocenters. The monoisotopic (exact) mass is 100 g/mol. The van der Waals surface area contributed by atoms with Gasteiger partial charge in [0.2, 0.25) is 6.08 Å². The highest BCUT2D eigenvalue weighted by Crippen LogP contribution is 1.74. The average molecular weight is 100 g/mol. The first-order valence-electron chi connectivity index (χ1n) is 2.03. The molecule has 0 aliphatic carbocycles. The minimum atomic E-state index is -0.162. The Morgan fingerprint density at radius 2 is 2.29 bits per heavy atom. The molecule has 0 N–H and O–H groups in total. The van der Waals surface area contributed by atoms with E-state index >= 15 is 0 Å². The summed E-state index contributed by atoms with van der Waals surface area (Å²) in [5, 5.41) is 9.61. The molecular formula is C4H6NO2. The molecule has 0 atom stereocenters. The molecule has 0 aromatic heterocycles. The van der Waals surface area contributed by atoms with Crippen LogP contribution in [0.25, 0.3) is 0 Å². The molecule has 0 aliphatic rings. The van der Waals surface area contributed by atoms with Gasteiger partial charge in [-0.3, -0.25) is 0 Å². The van der Waals surface area contributed by atoms with Gasteiger partial charge in [-0.2, -0.15) is 0 Å². The second-order valence-electron chi connectivity index (χ2n) is 1.03. The zero-order valence-electron chi connectivity index (χ0n) is 3.89. The van der Waals surface area contributed by atoms with Crippen LogP contribution in [0.3, 0.4) is 0 Å². The lowest BCUT2D eigenvalue weighted by Crippen LogP contribution is -1.82. The number of rotatable bonds is 3. The van der Waals surface area contributed by atoms with Crippen molar-refractivity contribution in [2.75, 3.05) is 13.2 Å². The van der Waals surface area contributed by atoms with Gasteiger partial charge in [-0.05, 0) is 6.42 Å². The van der Waals surface area contributed by atoms with Crippen molar-refractivity contribution in [1.29, 1.82) is 0 Å². The van der Waals surface area contributed by atoms with Crippen LogP contribution in [0, 0.1) is 0 Å². The van der Waals surface area contributed by atoms with Crippen LogP contribution in [0.4, 0.5) is 0 Å². The average Bonchev–Trinajstić information content (AvgIpc) is 1.69. The maximum absolute atomic E-state index is 9.61. The van der Waals surface area contributed by atoms with Crippen molar-refractivity contribution in [3.05, 3.63) is 0 Å². The molecule has 0 bridgehead atoms. The third-order valence-corrected chi connectivity index (χ3v) is 0.479. The molecule has 0 aromatic rings. The van der Waals surface area contributed by atoms with Crippen molar-refractivity contribution in [3.8, 4) is 0 Å². The van der Waals surface area contributed by atoms with E-state index in [1.807, 2.05) is 0 Å². The molecule has 0 aliphatic heterocycles. The maximum atomic E-state index is 9.61. The smallest absolute Gasteiger partial charge is 0.234 e. The summed E-state index contributed by atoms with van der Waals surface area (Å²) in [6, 6.07) is 0. The summed E-state index contributed by atoms with van der Waals surface area (Å²) in [5.41, 5.74) is 0. The van der Waals surface area contributed by atoms with Gasteiger partial charge in [0.25, 0.3) is 0 Å². The summed E-state index contributed by atoms with van der Waals surface area (Å²) >= 11 is 0. The number of hydrogen-bond donors (Lipinski definition) is 0. The van der Waals surface area contributed by atoms with Crippen LogP contribution in [0.5, 0.6) is 0 Å². The summed E-state index contributed by atoms with van der Waals surface area (Å²) in [5.74, 6) is 0. The Labute approximate surface area is 41.7 Å². The lowest BCUT2D eigenvalue weighted by Gasteiger charge is -1.78. The van der Waals surface area contributed by atoms with Crippen molar-refractivity contribution in [1.82, 2.24) is 0 Å². The quantitative estimate of drug-likeness (QED) is 0.283. The number of nitrogens with zero attached hydrogens (tertiary/aromatic N) is 1. The van der Waals surface area contributed by atoms with Gasteiger partial charge in [0, 0.05) is 0 Å². The summed E-state index contributed by atoms with van der Waals surface area (Å²) in [6.45, 7) is 0.165. The Hall–Kier alpha value is -0.660. The predicted molar refractivity (Wildman–Crippen MR) is 23.2 cm³/mol. The van der Waals surface area contributed by atoms with Gasteiger partial charge in [-0.25, -0.2) is 14.9 Å². The van der Waals surface area contributed by atoms with Crippen LogP contribution in [-0.2, 0) is 9.90 Å². The second kappa shape index (κ2) is 5.34. The van der Waals surface area contributed by atoms with Gasteiger partial charge < -0.3 is 0 Å². The van der Waals surface area contributed by atoms with E-state index in [1.54, 1.807) is 0 Å². The SMILES string of the molecule is [O]CCCN=C=O. The zero-order chi connectivity index (χ0) is 5.54. The fourth-order valence-electron chi connectivity index (χ4n) is 0.189. The van der Waals surface area contributed by atoms with E-state index in [9.17, 15) is 9.90 Å². The van der Waals surface area contributed by atoms with Crippen molar-refractivity contribution >= 4 is 6.08 Å². The molecule has 0 rings (SSSR count). The molecule has 0 amide bonds. The minimum Gasteiger partial charge on any atom is -0.237 e. The Morgan fingerprint density at radius 1 is 1.57 bits per heavy atom. The first kappa shape index (κ1) is 6.34. The standard InChI is InChI=1S/C4H6NO2/c6-3-1-2-5-4-7/h1-3H2. The molecule has 0 fully saturated rings. The summed E-state index contributed by atoms with van der Waals surface area (Å²) in [7, 11) is 0. The van der Waals surface area contributed by atoms with Crippen LogP contribution in [-0.4, -0.2) is 19.2 Å². The highest BCUT2D eigenvalue weighted by molar-refractivity contribution is 5.32. The first-order valence-corrected chi connectivity index (χ1v) is 2.03. The molecule has 3 nitrogen and oxygen atoms in total. The molecule has 0 heterocycles. The van der Waals surface area contributed by atoms with E-state index in [1.165, 1.54) is 6.08 Å². The zero-order valence-corrected chi connectivity index (χ0v) is 3.89. The molecule has 0 spiro atoms. The first-order chi connectivity index (χ1) is 3.41. The molecule has 3 heteroatoms.